The van der Waals surface area contributed by atoms with Gasteiger partial charge in [-0.1, -0.05) is 19.4 Å². The Hall–Kier alpha value is -2.04. The minimum atomic E-state index is -0.704. The number of carbonyl (C=O) groups is 2. The Morgan fingerprint density at radius 1 is 1.33 bits per heavy atom. The van der Waals surface area contributed by atoms with Gasteiger partial charge in [-0.2, -0.15) is 0 Å². The molecule has 1 saturated carbocycles. The Kier molecular flexibility index (Phi) is 5.50. The van der Waals surface area contributed by atoms with Crippen LogP contribution in [0, 0.1) is 22.7 Å². The van der Waals surface area contributed by atoms with Crippen LogP contribution in [0.15, 0.2) is 34.7 Å². The number of ether oxygens (including phenoxy) is 1. The molecule has 27 heavy (non-hydrogen) atoms. The van der Waals surface area contributed by atoms with Crippen molar-refractivity contribution in [1.29, 1.82) is 0 Å². The standard InChI is InChI=1S/C22H30O5/c1-15(23)27-14-17-6-8-19-21(2,10-4-11-22(19,3)20(24)25)18(17)7-5-16-9-12-26-13-16/h6,9,12-13,18-19H,4-5,7-8,10-11,14H2,1-3H3,(H,24,25)/t18-,19+,21+,22-/m0/s1. The summed E-state index contributed by atoms with van der Waals surface area (Å²) in [6.07, 6.45) is 10.7. The molecule has 0 saturated heterocycles. The first kappa shape index (κ1) is 19.7. The lowest BCUT2D eigenvalue weighted by atomic mass is 9.47. The third kappa shape index (κ3) is 3.69. The Bertz CT molecular complexity index is 719. The van der Waals surface area contributed by atoms with Crippen molar-refractivity contribution in [3.8, 4) is 0 Å². The van der Waals surface area contributed by atoms with Gasteiger partial charge in [-0.15, -0.1) is 0 Å². The van der Waals surface area contributed by atoms with Gasteiger partial charge in [-0.05, 0) is 73.5 Å². The van der Waals surface area contributed by atoms with Crippen molar-refractivity contribution in [3.05, 3.63) is 35.8 Å². The SMILES string of the molecule is CC(=O)OCC1=CC[C@@H]2[C@](C)(CCC[C@]2(C)C(=O)O)[C@H]1CCc1ccoc1. The van der Waals surface area contributed by atoms with Crippen LogP contribution < -0.4 is 0 Å². The highest BCUT2D eigenvalue weighted by Gasteiger charge is 2.57. The fourth-order valence-corrected chi connectivity index (χ4v) is 5.56. The highest BCUT2D eigenvalue weighted by Crippen LogP contribution is 2.60. The third-order valence-corrected chi connectivity index (χ3v) is 7.07. The molecule has 5 heteroatoms. The summed E-state index contributed by atoms with van der Waals surface area (Å²) in [6.45, 7) is 5.89. The first-order chi connectivity index (χ1) is 12.8. The number of aliphatic carboxylic acids is 1. The summed E-state index contributed by atoms with van der Waals surface area (Å²) in [7, 11) is 0. The molecule has 2 aliphatic rings. The molecule has 4 atom stereocenters. The molecule has 0 amide bonds. The number of carboxylic acid groups (broad SMARTS) is 1. The van der Waals surface area contributed by atoms with E-state index >= 15 is 0 Å². The van der Waals surface area contributed by atoms with Crippen LogP contribution in [0.2, 0.25) is 0 Å². The smallest absolute Gasteiger partial charge is 0.309 e. The largest absolute Gasteiger partial charge is 0.481 e. The lowest BCUT2D eigenvalue weighted by Gasteiger charge is -2.56. The zero-order valence-electron chi connectivity index (χ0n) is 16.5. The van der Waals surface area contributed by atoms with E-state index in [-0.39, 0.29) is 23.2 Å². The van der Waals surface area contributed by atoms with Crippen LogP contribution in [0.25, 0.3) is 0 Å². The van der Waals surface area contributed by atoms with E-state index in [0.717, 1.165) is 49.7 Å². The van der Waals surface area contributed by atoms with Gasteiger partial charge in [0.05, 0.1) is 17.9 Å². The summed E-state index contributed by atoms with van der Waals surface area (Å²) in [5.74, 6) is -0.684. The van der Waals surface area contributed by atoms with Crippen LogP contribution >= 0.6 is 0 Å². The molecule has 0 spiro atoms. The summed E-state index contributed by atoms with van der Waals surface area (Å²) in [4.78, 5) is 23.5. The van der Waals surface area contributed by atoms with Gasteiger partial charge < -0.3 is 14.3 Å². The second-order valence-corrected chi connectivity index (χ2v) is 8.65. The van der Waals surface area contributed by atoms with Gasteiger partial charge >= 0.3 is 11.9 Å². The molecule has 0 aromatic carbocycles. The molecule has 1 fully saturated rings. The Morgan fingerprint density at radius 2 is 2.11 bits per heavy atom. The van der Waals surface area contributed by atoms with Crippen LogP contribution in [0.3, 0.4) is 0 Å². The molecule has 1 heterocycles. The molecular formula is C22H30O5. The van der Waals surface area contributed by atoms with E-state index in [2.05, 4.69) is 13.0 Å². The van der Waals surface area contributed by atoms with Crippen LogP contribution in [0.5, 0.6) is 0 Å². The van der Waals surface area contributed by atoms with Crippen molar-refractivity contribution < 1.29 is 23.8 Å². The molecule has 5 nitrogen and oxygen atoms in total. The van der Waals surface area contributed by atoms with Crippen molar-refractivity contribution in [2.45, 2.75) is 59.3 Å². The van der Waals surface area contributed by atoms with Crippen molar-refractivity contribution in [3.63, 3.8) is 0 Å². The maximum absolute atomic E-state index is 12.1. The monoisotopic (exact) mass is 374 g/mol. The molecular weight excluding hydrogens is 344 g/mol. The topological polar surface area (TPSA) is 76.7 Å². The molecule has 1 aromatic rings. The quantitative estimate of drug-likeness (QED) is 0.581. The number of hydrogen-bond acceptors (Lipinski definition) is 4. The Labute approximate surface area is 160 Å². The van der Waals surface area contributed by atoms with Gasteiger partial charge in [-0.25, -0.2) is 0 Å². The van der Waals surface area contributed by atoms with Crippen LogP contribution in [0.4, 0.5) is 0 Å². The second kappa shape index (κ2) is 7.53. The highest BCUT2D eigenvalue weighted by molar-refractivity contribution is 5.75. The number of hydrogen-bond donors (Lipinski definition) is 1. The van der Waals surface area contributed by atoms with Crippen LogP contribution in [-0.2, 0) is 20.7 Å². The van der Waals surface area contributed by atoms with Gasteiger partial charge in [0.25, 0.3) is 0 Å². The predicted octanol–water partition coefficient (Wildman–Crippen LogP) is 4.62. The summed E-state index contributed by atoms with van der Waals surface area (Å²) < 4.78 is 10.5. The van der Waals surface area contributed by atoms with Crippen molar-refractivity contribution in [2.75, 3.05) is 6.61 Å². The fourth-order valence-electron chi connectivity index (χ4n) is 5.56. The van der Waals surface area contributed by atoms with Crippen molar-refractivity contribution in [2.24, 2.45) is 22.7 Å². The molecule has 3 rings (SSSR count). The number of carboxylic acids is 1. The van der Waals surface area contributed by atoms with Crippen LogP contribution in [0.1, 0.15) is 58.4 Å². The van der Waals surface area contributed by atoms with E-state index < -0.39 is 11.4 Å². The minimum Gasteiger partial charge on any atom is -0.481 e. The van der Waals surface area contributed by atoms with E-state index in [1.54, 1.807) is 12.5 Å². The minimum absolute atomic E-state index is 0.0895. The maximum atomic E-state index is 12.1. The number of rotatable bonds is 6. The zero-order valence-corrected chi connectivity index (χ0v) is 16.5. The van der Waals surface area contributed by atoms with Crippen molar-refractivity contribution in [1.82, 2.24) is 0 Å². The van der Waals surface area contributed by atoms with Gasteiger partial charge in [0.15, 0.2) is 0 Å². The Balaban J connectivity index is 1.91. The Morgan fingerprint density at radius 3 is 2.74 bits per heavy atom. The lowest BCUT2D eigenvalue weighted by Crippen LogP contribution is -2.53. The molecule has 2 aliphatic carbocycles. The number of carbonyl (C=O) groups excluding carboxylic acids is 1. The summed E-state index contributed by atoms with van der Waals surface area (Å²) in [5.41, 5.74) is 1.47. The molecule has 0 aliphatic heterocycles. The molecule has 0 radical (unpaired) electrons. The lowest BCUT2D eigenvalue weighted by molar-refractivity contribution is -0.162. The maximum Gasteiger partial charge on any atom is 0.309 e. The van der Waals surface area contributed by atoms with E-state index in [1.165, 1.54) is 6.92 Å². The molecule has 0 unspecified atom stereocenters. The number of furan rings is 1. The average molecular weight is 374 g/mol. The second-order valence-electron chi connectivity index (χ2n) is 8.65. The summed E-state index contributed by atoms with van der Waals surface area (Å²) in [5, 5.41) is 9.96. The van der Waals surface area contributed by atoms with Crippen LogP contribution in [-0.4, -0.2) is 23.7 Å². The first-order valence-corrected chi connectivity index (χ1v) is 9.84. The van der Waals surface area contributed by atoms with Gasteiger partial charge in [-0.3, -0.25) is 9.59 Å². The first-order valence-electron chi connectivity index (χ1n) is 9.84. The van der Waals surface area contributed by atoms with Gasteiger partial charge in [0, 0.05) is 6.92 Å². The normalized spacial score (nSPS) is 33.1. The third-order valence-electron chi connectivity index (χ3n) is 7.07. The highest BCUT2D eigenvalue weighted by atomic mass is 16.5. The molecule has 148 valence electrons. The van der Waals surface area contributed by atoms with Gasteiger partial charge in [0.1, 0.15) is 6.61 Å². The van der Waals surface area contributed by atoms with E-state index in [1.807, 2.05) is 13.0 Å². The molecule has 0 bridgehead atoms. The molecule has 1 aromatic heterocycles. The van der Waals surface area contributed by atoms with E-state index in [0.29, 0.717) is 6.61 Å². The van der Waals surface area contributed by atoms with Gasteiger partial charge in [0.2, 0.25) is 0 Å². The predicted molar refractivity (Wildman–Crippen MR) is 101 cm³/mol. The summed E-state index contributed by atoms with van der Waals surface area (Å²) >= 11 is 0. The number of aryl methyl sites for hydroxylation is 1. The summed E-state index contributed by atoms with van der Waals surface area (Å²) in [6, 6.07) is 1.97. The zero-order chi connectivity index (χ0) is 19.7. The molecule has 1 N–H and O–H groups in total. The van der Waals surface area contributed by atoms with Crippen molar-refractivity contribution >= 4 is 11.9 Å². The average Bonchev–Trinajstić information content (AvgIpc) is 3.11. The van der Waals surface area contributed by atoms with E-state index in [4.69, 9.17) is 9.15 Å². The van der Waals surface area contributed by atoms with E-state index in [9.17, 15) is 14.7 Å². The number of esters is 1. The fraction of sp³-hybridized carbons (Fsp3) is 0.636. The number of fused-ring (bicyclic) bond motifs is 1. The number of allylic oxidation sites excluding steroid dienone is 1.